The number of hydrogen-bond acceptors (Lipinski definition) is 4. The van der Waals surface area contributed by atoms with Gasteiger partial charge in [-0.25, -0.2) is 4.79 Å². The van der Waals surface area contributed by atoms with E-state index in [-0.39, 0.29) is 5.56 Å². The Morgan fingerprint density at radius 2 is 1.85 bits per heavy atom. The normalized spacial score (nSPS) is 22.2. The molecular weight excluding hydrogens is 340 g/mol. The van der Waals surface area contributed by atoms with Crippen LogP contribution in [-0.2, 0) is 0 Å². The highest BCUT2D eigenvalue weighted by Gasteiger charge is 2.38. The molecule has 2 atom stereocenters. The van der Waals surface area contributed by atoms with Gasteiger partial charge < -0.3 is 15.2 Å². The second kappa shape index (κ2) is 8.11. The molecule has 2 N–H and O–H groups in total. The van der Waals surface area contributed by atoms with Crippen LogP contribution in [0.1, 0.15) is 28.3 Å². The van der Waals surface area contributed by atoms with E-state index in [1.807, 2.05) is 0 Å². The Bertz CT molecular complexity index is 757. The molecule has 1 aliphatic carbocycles. The number of ether oxygens (including phenoxy) is 1. The number of aromatic carboxylic acids is 1. The molecule has 4 rings (SSSR count). The number of benzene rings is 2. The van der Waals surface area contributed by atoms with Crippen molar-refractivity contribution in [3.05, 3.63) is 65.7 Å². The summed E-state index contributed by atoms with van der Waals surface area (Å²) in [6.07, 6.45) is 1.26. The lowest BCUT2D eigenvalue weighted by molar-refractivity contribution is 0.0696. The molecule has 0 aromatic heterocycles. The molecule has 2 aliphatic rings. The van der Waals surface area contributed by atoms with Crippen molar-refractivity contribution in [2.45, 2.75) is 18.4 Å². The molecule has 2 fully saturated rings. The summed E-state index contributed by atoms with van der Waals surface area (Å²) >= 11 is 0. The fourth-order valence-corrected chi connectivity index (χ4v) is 3.78. The lowest BCUT2D eigenvalue weighted by Crippen LogP contribution is -2.52. The maximum Gasteiger partial charge on any atom is 0.335 e. The third kappa shape index (κ3) is 4.67. The standard InChI is InChI=1S/C22H26N2O3/c25-22(26)18-6-8-19(9-7-18)27-11-10-24-14-16(15-24)13-23-21-12-20(21)17-4-2-1-3-5-17/h1-9,16,20-21,23H,10-15H2,(H,25,26)/t20-,21?/m0/s1. The molecule has 5 nitrogen and oxygen atoms in total. The summed E-state index contributed by atoms with van der Waals surface area (Å²) in [7, 11) is 0. The van der Waals surface area contributed by atoms with Crippen molar-refractivity contribution in [1.29, 1.82) is 0 Å². The SMILES string of the molecule is O=C(O)c1ccc(OCCN2CC(CNC3C[C@H]3c3ccccc3)C2)cc1. The fourth-order valence-electron chi connectivity index (χ4n) is 3.78. The van der Waals surface area contributed by atoms with Crippen LogP contribution in [0.15, 0.2) is 54.6 Å². The number of nitrogens with one attached hydrogen (secondary N) is 1. The van der Waals surface area contributed by atoms with Gasteiger partial charge >= 0.3 is 5.97 Å². The quantitative estimate of drug-likeness (QED) is 0.715. The van der Waals surface area contributed by atoms with E-state index in [0.717, 1.165) is 37.8 Å². The zero-order valence-corrected chi connectivity index (χ0v) is 15.4. The van der Waals surface area contributed by atoms with E-state index in [1.165, 1.54) is 12.0 Å². The first-order valence-electron chi connectivity index (χ1n) is 9.66. The fraction of sp³-hybridized carbons (Fsp3) is 0.409. The maximum absolute atomic E-state index is 10.8. The van der Waals surface area contributed by atoms with E-state index in [0.29, 0.717) is 18.6 Å². The Morgan fingerprint density at radius 1 is 1.11 bits per heavy atom. The summed E-state index contributed by atoms with van der Waals surface area (Å²) in [6, 6.07) is 18.0. The number of hydrogen-bond donors (Lipinski definition) is 2. The van der Waals surface area contributed by atoms with Gasteiger partial charge in [0.2, 0.25) is 0 Å². The highest BCUT2D eigenvalue weighted by molar-refractivity contribution is 5.87. The summed E-state index contributed by atoms with van der Waals surface area (Å²) in [5.41, 5.74) is 1.74. The molecule has 5 heteroatoms. The van der Waals surface area contributed by atoms with Crippen molar-refractivity contribution in [2.75, 3.05) is 32.8 Å². The molecule has 1 saturated heterocycles. The van der Waals surface area contributed by atoms with E-state index < -0.39 is 5.97 Å². The van der Waals surface area contributed by atoms with E-state index in [4.69, 9.17) is 9.84 Å². The average Bonchev–Trinajstić information content (AvgIpc) is 3.43. The molecular formula is C22H26N2O3. The summed E-state index contributed by atoms with van der Waals surface area (Å²) in [6.45, 7) is 4.88. The van der Waals surface area contributed by atoms with Crippen LogP contribution >= 0.6 is 0 Å². The topological polar surface area (TPSA) is 61.8 Å². The van der Waals surface area contributed by atoms with Crippen molar-refractivity contribution in [1.82, 2.24) is 10.2 Å². The summed E-state index contributed by atoms with van der Waals surface area (Å²) in [5.74, 6) is 1.24. The average molecular weight is 366 g/mol. The Morgan fingerprint density at radius 3 is 2.56 bits per heavy atom. The molecule has 2 aromatic rings. The van der Waals surface area contributed by atoms with Crippen LogP contribution in [0.5, 0.6) is 5.75 Å². The van der Waals surface area contributed by atoms with Gasteiger partial charge in [0.1, 0.15) is 12.4 Å². The Balaban J connectivity index is 1.08. The van der Waals surface area contributed by atoms with E-state index in [9.17, 15) is 4.79 Å². The number of carbonyl (C=O) groups is 1. The van der Waals surface area contributed by atoms with Crippen LogP contribution in [0.25, 0.3) is 0 Å². The molecule has 1 saturated carbocycles. The molecule has 1 unspecified atom stereocenters. The maximum atomic E-state index is 10.8. The van der Waals surface area contributed by atoms with E-state index in [2.05, 4.69) is 40.5 Å². The summed E-state index contributed by atoms with van der Waals surface area (Å²) in [5, 5.41) is 12.6. The van der Waals surface area contributed by atoms with Crippen molar-refractivity contribution >= 4 is 5.97 Å². The van der Waals surface area contributed by atoms with E-state index in [1.54, 1.807) is 24.3 Å². The first kappa shape index (κ1) is 18.0. The second-order valence-electron chi connectivity index (χ2n) is 7.57. The van der Waals surface area contributed by atoms with Gasteiger partial charge in [-0.2, -0.15) is 0 Å². The number of rotatable bonds is 9. The van der Waals surface area contributed by atoms with Gasteiger partial charge in [-0.15, -0.1) is 0 Å². The minimum absolute atomic E-state index is 0.283. The highest BCUT2D eigenvalue weighted by Crippen LogP contribution is 2.40. The Hall–Kier alpha value is -2.37. The van der Waals surface area contributed by atoms with Crippen LogP contribution < -0.4 is 10.1 Å². The van der Waals surface area contributed by atoms with Gasteiger partial charge in [-0.05, 0) is 42.2 Å². The lowest BCUT2D eigenvalue weighted by atomic mass is 10.0. The minimum atomic E-state index is -0.914. The predicted molar refractivity (Wildman–Crippen MR) is 104 cm³/mol. The lowest BCUT2D eigenvalue weighted by Gasteiger charge is -2.39. The molecule has 27 heavy (non-hydrogen) atoms. The smallest absolute Gasteiger partial charge is 0.335 e. The van der Waals surface area contributed by atoms with Crippen molar-refractivity contribution in [3.63, 3.8) is 0 Å². The van der Waals surface area contributed by atoms with E-state index >= 15 is 0 Å². The molecule has 1 heterocycles. The molecule has 1 aliphatic heterocycles. The molecule has 0 bridgehead atoms. The molecule has 2 aromatic carbocycles. The van der Waals surface area contributed by atoms with Gasteiger partial charge in [-0.3, -0.25) is 4.90 Å². The van der Waals surface area contributed by atoms with Crippen LogP contribution in [0.4, 0.5) is 0 Å². The Kier molecular flexibility index (Phi) is 5.41. The van der Waals surface area contributed by atoms with Crippen LogP contribution in [0, 0.1) is 5.92 Å². The first-order valence-corrected chi connectivity index (χ1v) is 9.66. The van der Waals surface area contributed by atoms with Gasteiger partial charge in [0.05, 0.1) is 5.56 Å². The molecule has 0 spiro atoms. The van der Waals surface area contributed by atoms with Crippen LogP contribution in [0.2, 0.25) is 0 Å². The molecule has 0 radical (unpaired) electrons. The summed E-state index contributed by atoms with van der Waals surface area (Å²) < 4.78 is 5.70. The molecule has 142 valence electrons. The third-order valence-corrected chi connectivity index (χ3v) is 5.50. The summed E-state index contributed by atoms with van der Waals surface area (Å²) in [4.78, 5) is 13.2. The number of nitrogens with zero attached hydrogens (tertiary/aromatic N) is 1. The first-order chi connectivity index (χ1) is 13.2. The van der Waals surface area contributed by atoms with Gasteiger partial charge in [0.15, 0.2) is 0 Å². The van der Waals surface area contributed by atoms with Crippen molar-refractivity contribution < 1.29 is 14.6 Å². The molecule has 0 amide bonds. The predicted octanol–water partition coefficient (Wildman–Crippen LogP) is 2.84. The largest absolute Gasteiger partial charge is 0.492 e. The second-order valence-corrected chi connectivity index (χ2v) is 7.57. The monoisotopic (exact) mass is 366 g/mol. The van der Waals surface area contributed by atoms with Crippen LogP contribution in [-0.4, -0.2) is 54.8 Å². The number of likely N-dealkylation sites (tertiary alicyclic amines) is 1. The Labute approximate surface area is 160 Å². The third-order valence-electron chi connectivity index (χ3n) is 5.50. The van der Waals surface area contributed by atoms with Gasteiger partial charge in [-0.1, -0.05) is 30.3 Å². The van der Waals surface area contributed by atoms with Gasteiger partial charge in [0, 0.05) is 38.1 Å². The van der Waals surface area contributed by atoms with Crippen molar-refractivity contribution in [3.8, 4) is 5.75 Å². The minimum Gasteiger partial charge on any atom is -0.492 e. The zero-order chi connectivity index (χ0) is 18.6. The van der Waals surface area contributed by atoms with Crippen LogP contribution in [0.3, 0.4) is 0 Å². The number of carboxylic acids is 1. The zero-order valence-electron chi connectivity index (χ0n) is 15.4. The number of carboxylic acid groups (broad SMARTS) is 1. The van der Waals surface area contributed by atoms with Gasteiger partial charge in [0.25, 0.3) is 0 Å². The van der Waals surface area contributed by atoms with Crippen molar-refractivity contribution in [2.24, 2.45) is 5.92 Å². The highest BCUT2D eigenvalue weighted by atomic mass is 16.5.